The van der Waals surface area contributed by atoms with E-state index in [4.69, 9.17) is 4.74 Å². The van der Waals surface area contributed by atoms with Crippen LogP contribution in [-0.4, -0.2) is 42.1 Å². The Labute approximate surface area is 201 Å². The maximum Gasteiger partial charge on any atom is 0.249 e. The van der Waals surface area contributed by atoms with Gasteiger partial charge in [-0.1, -0.05) is 42.5 Å². The molecule has 2 saturated heterocycles. The normalized spacial score (nSPS) is 24.1. The van der Waals surface area contributed by atoms with Crippen molar-refractivity contribution in [3.63, 3.8) is 0 Å². The SMILES string of the molecule is COc1ccc(N2C(=O)[C@@H]3[C@H](C2=O)[C@H](C(=O)Nc2ccccc2)N2N=Cc4ccccc4[C@@H]32)cc1. The molecule has 0 aromatic heterocycles. The summed E-state index contributed by atoms with van der Waals surface area (Å²) in [5, 5.41) is 9.10. The highest BCUT2D eigenvalue weighted by molar-refractivity contribution is 6.24. The van der Waals surface area contributed by atoms with Gasteiger partial charge in [-0.05, 0) is 47.5 Å². The summed E-state index contributed by atoms with van der Waals surface area (Å²) in [5.41, 5.74) is 2.82. The molecule has 0 spiro atoms. The van der Waals surface area contributed by atoms with Crippen molar-refractivity contribution in [1.29, 1.82) is 0 Å². The lowest BCUT2D eigenvalue weighted by Crippen LogP contribution is -2.46. The first-order valence-corrected chi connectivity index (χ1v) is 11.4. The number of carbonyl (C=O) groups is 3. The third-order valence-corrected chi connectivity index (χ3v) is 6.93. The summed E-state index contributed by atoms with van der Waals surface area (Å²) in [6.45, 7) is 0. The molecule has 174 valence electrons. The second-order valence-corrected chi connectivity index (χ2v) is 8.76. The summed E-state index contributed by atoms with van der Waals surface area (Å²) in [5.74, 6) is -2.10. The van der Waals surface area contributed by atoms with E-state index in [2.05, 4.69) is 10.4 Å². The zero-order valence-electron chi connectivity index (χ0n) is 18.9. The van der Waals surface area contributed by atoms with E-state index in [0.29, 0.717) is 17.1 Å². The molecule has 3 aliphatic rings. The number of methoxy groups -OCH3 is 1. The predicted octanol–water partition coefficient (Wildman–Crippen LogP) is 3.21. The Morgan fingerprint density at radius 3 is 2.31 bits per heavy atom. The Bertz CT molecular complexity index is 1360. The highest BCUT2D eigenvalue weighted by Crippen LogP contribution is 2.52. The number of nitrogens with one attached hydrogen (secondary N) is 1. The average Bonchev–Trinajstić information content (AvgIpc) is 3.37. The van der Waals surface area contributed by atoms with Gasteiger partial charge in [0.1, 0.15) is 11.8 Å². The molecule has 8 nitrogen and oxygen atoms in total. The third kappa shape index (κ3) is 3.21. The van der Waals surface area contributed by atoms with Gasteiger partial charge in [0.15, 0.2) is 0 Å². The summed E-state index contributed by atoms with van der Waals surface area (Å²) in [6, 6.07) is 22.0. The number of amides is 3. The molecule has 3 aromatic carbocycles. The topological polar surface area (TPSA) is 91.3 Å². The zero-order valence-corrected chi connectivity index (χ0v) is 18.9. The highest BCUT2D eigenvalue weighted by atomic mass is 16.5. The molecule has 0 unspecified atom stereocenters. The van der Waals surface area contributed by atoms with Crippen LogP contribution in [0.3, 0.4) is 0 Å². The van der Waals surface area contributed by atoms with E-state index in [0.717, 1.165) is 11.1 Å². The molecule has 1 N–H and O–H groups in total. The summed E-state index contributed by atoms with van der Waals surface area (Å²) >= 11 is 0. The van der Waals surface area contributed by atoms with Crippen LogP contribution in [0.1, 0.15) is 17.2 Å². The number of ether oxygens (including phenoxy) is 1. The minimum Gasteiger partial charge on any atom is -0.497 e. The largest absolute Gasteiger partial charge is 0.497 e. The fraction of sp³-hybridized carbons (Fsp3) is 0.185. The van der Waals surface area contributed by atoms with Gasteiger partial charge in [0.05, 0.1) is 36.9 Å². The fourth-order valence-corrected chi connectivity index (χ4v) is 5.39. The van der Waals surface area contributed by atoms with Gasteiger partial charge in [-0.15, -0.1) is 0 Å². The summed E-state index contributed by atoms with van der Waals surface area (Å²) in [6.07, 6.45) is 1.69. The van der Waals surface area contributed by atoms with E-state index in [1.807, 2.05) is 42.5 Å². The summed E-state index contributed by atoms with van der Waals surface area (Å²) in [7, 11) is 1.55. The van der Waals surface area contributed by atoms with Crippen LogP contribution in [0.4, 0.5) is 11.4 Å². The van der Waals surface area contributed by atoms with Crippen LogP contribution < -0.4 is 15.0 Å². The lowest BCUT2D eigenvalue weighted by atomic mass is 9.85. The molecule has 0 saturated carbocycles. The van der Waals surface area contributed by atoms with Gasteiger partial charge in [0, 0.05) is 5.69 Å². The molecule has 0 aliphatic carbocycles. The number of imide groups is 1. The van der Waals surface area contributed by atoms with Crippen LogP contribution in [-0.2, 0) is 14.4 Å². The Hall–Kier alpha value is -4.46. The number of para-hydroxylation sites is 1. The van der Waals surface area contributed by atoms with E-state index in [-0.39, 0.29) is 11.8 Å². The molecule has 3 aromatic rings. The second-order valence-electron chi connectivity index (χ2n) is 8.76. The molecule has 3 heterocycles. The van der Waals surface area contributed by atoms with Crippen molar-refractivity contribution in [3.8, 4) is 5.75 Å². The molecule has 6 rings (SSSR count). The molecule has 4 atom stereocenters. The van der Waals surface area contributed by atoms with Crippen molar-refractivity contribution in [1.82, 2.24) is 5.01 Å². The number of hydrogen-bond donors (Lipinski definition) is 1. The molecule has 3 amide bonds. The molecule has 8 heteroatoms. The monoisotopic (exact) mass is 466 g/mol. The van der Waals surface area contributed by atoms with Gasteiger partial charge in [-0.25, -0.2) is 4.90 Å². The van der Waals surface area contributed by atoms with Crippen molar-refractivity contribution in [2.45, 2.75) is 12.1 Å². The smallest absolute Gasteiger partial charge is 0.249 e. The van der Waals surface area contributed by atoms with Crippen LogP contribution in [0.5, 0.6) is 5.75 Å². The van der Waals surface area contributed by atoms with Crippen molar-refractivity contribution in [3.05, 3.63) is 90.0 Å². The number of hydrogen-bond acceptors (Lipinski definition) is 6. The van der Waals surface area contributed by atoms with Gasteiger partial charge in [-0.2, -0.15) is 5.10 Å². The molecular weight excluding hydrogens is 444 g/mol. The molecule has 0 bridgehead atoms. The maximum atomic E-state index is 13.8. The van der Waals surface area contributed by atoms with E-state index >= 15 is 0 Å². The predicted molar refractivity (Wildman–Crippen MR) is 130 cm³/mol. The van der Waals surface area contributed by atoms with Crippen molar-refractivity contribution in [2.75, 3.05) is 17.3 Å². The standard InChI is InChI=1S/C27H22N4O4/c1-35-19-13-11-18(12-14-19)30-26(33)21-22(27(30)34)24(25(32)29-17-8-3-2-4-9-17)31-23(21)20-10-6-5-7-16(20)15-28-31/h2-15,21-24H,1H3,(H,29,32)/t21-,22+,23+,24-/m1/s1. The first kappa shape index (κ1) is 21.1. The second kappa shape index (κ2) is 8.09. The number of benzene rings is 3. The molecule has 35 heavy (non-hydrogen) atoms. The van der Waals surface area contributed by atoms with E-state index in [9.17, 15) is 14.4 Å². The van der Waals surface area contributed by atoms with Crippen molar-refractivity contribution >= 4 is 35.3 Å². The van der Waals surface area contributed by atoms with Crippen LogP contribution in [0.15, 0.2) is 84.0 Å². The van der Waals surface area contributed by atoms with Crippen LogP contribution in [0.25, 0.3) is 0 Å². The van der Waals surface area contributed by atoms with E-state index in [1.54, 1.807) is 54.7 Å². The van der Waals surface area contributed by atoms with Gasteiger partial charge in [0.25, 0.3) is 0 Å². The minimum absolute atomic E-state index is 0.331. The number of rotatable bonds is 4. The zero-order chi connectivity index (χ0) is 24.1. The molecule has 3 aliphatic heterocycles. The van der Waals surface area contributed by atoms with Crippen molar-refractivity contribution in [2.24, 2.45) is 16.9 Å². The van der Waals surface area contributed by atoms with Gasteiger partial charge in [-0.3, -0.25) is 19.4 Å². The van der Waals surface area contributed by atoms with Crippen LogP contribution >= 0.6 is 0 Å². The van der Waals surface area contributed by atoms with Crippen LogP contribution in [0.2, 0.25) is 0 Å². The fourth-order valence-electron chi connectivity index (χ4n) is 5.39. The van der Waals surface area contributed by atoms with Gasteiger partial charge in [0.2, 0.25) is 17.7 Å². The first-order valence-electron chi connectivity index (χ1n) is 11.4. The lowest BCUT2D eigenvalue weighted by molar-refractivity contribution is -0.129. The summed E-state index contributed by atoms with van der Waals surface area (Å²) < 4.78 is 5.21. The number of nitrogens with zero attached hydrogens (tertiary/aromatic N) is 3. The Balaban J connectivity index is 1.43. The van der Waals surface area contributed by atoms with E-state index in [1.165, 1.54) is 4.90 Å². The Kier molecular flexibility index (Phi) is 4.88. The Morgan fingerprint density at radius 1 is 0.886 bits per heavy atom. The number of fused-ring (bicyclic) bond motifs is 5. The highest BCUT2D eigenvalue weighted by Gasteiger charge is 2.65. The number of anilines is 2. The quantitative estimate of drug-likeness (QED) is 0.597. The number of hydrazone groups is 1. The Morgan fingerprint density at radius 2 is 1.57 bits per heavy atom. The molecular formula is C27H22N4O4. The molecule has 2 fully saturated rings. The van der Waals surface area contributed by atoms with Crippen LogP contribution in [0, 0.1) is 11.8 Å². The average molecular weight is 466 g/mol. The van der Waals surface area contributed by atoms with Gasteiger partial charge >= 0.3 is 0 Å². The molecule has 0 radical (unpaired) electrons. The minimum atomic E-state index is -0.936. The number of carbonyl (C=O) groups excluding carboxylic acids is 3. The maximum absolute atomic E-state index is 13.8. The summed E-state index contributed by atoms with van der Waals surface area (Å²) in [4.78, 5) is 42.4. The lowest BCUT2D eigenvalue weighted by Gasteiger charge is -2.33. The first-order chi connectivity index (χ1) is 17.1. The van der Waals surface area contributed by atoms with Crippen molar-refractivity contribution < 1.29 is 19.1 Å². The third-order valence-electron chi connectivity index (χ3n) is 6.93. The van der Waals surface area contributed by atoms with E-state index < -0.39 is 29.8 Å². The van der Waals surface area contributed by atoms with Gasteiger partial charge < -0.3 is 10.1 Å².